The molecule has 5 nitrogen and oxygen atoms in total. The van der Waals surface area contributed by atoms with Gasteiger partial charge in [-0.15, -0.1) is 0 Å². The Hall–Kier alpha value is -0.810. The number of alkyl carbamates (subject to hydrolysis) is 1. The van der Waals surface area contributed by atoms with Crippen LogP contribution in [0.25, 0.3) is 0 Å². The van der Waals surface area contributed by atoms with Crippen LogP contribution in [0.1, 0.15) is 59.3 Å². The summed E-state index contributed by atoms with van der Waals surface area (Å²) >= 11 is 0. The van der Waals surface area contributed by atoms with Crippen LogP contribution in [-0.2, 0) is 9.47 Å². The summed E-state index contributed by atoms with van der Waals surface area (Å²) in [5.74, 6) is 0.588. The first-order valence-corrected chi connectivity index (χ1v) is 8.65. The minimum Gasteiger partial charge on any atom is -0.444 e. The second-order valence-electron chi connectivity index (χ2n) is 7.66. The van der Waals surface area contributed by atoms with Crippen LogP contribution in [0.4, 0.5) is 4.79 Å². The normalized spacial score (nSPS) is 27.3. The van der Waals surface area contributed by atoms with Gasteiger partial charge in [0.25, 0.3) is 0 Å². The summed E-state index contributed by atoms with van der Waals surface area (Å²) in [5, 5.41) is 6.66. The largest absolute Gasteiger partial charge is 0.444 e. The zero-order valence-corrected chi connectivity index (χ0v) is 14.5. The van der Waals surface area contributed by atoms with E-state index in [1.165, 1.54) is 25.7 Å². The quantitative estimate of drug-likeness (QED) is 0.792. The summed E-state index contributed by atoms with van der Waals surface area (Å²) in [4.78, 5) is 12.0. The van der Waals surface area contributed by atoms with Crippen LogP contribution in [0.5, 0.6) is 0 Å². The molecule has 0 heterocycles. The standard InChI is InChI=1S/C17H32N2O3/c1-17(2,3)22-16(20)19-14(12-9-10-12)11-18-13-7-5-6-8-15(13)21-4/h12-15,18H,5-11H2,1-4H3,(H,19,20). The second kappa shape index (κ2) is 7.64. The van der Waals surface area contributed by atoms with Crippen molar-refractivity contribution in [3.05, 3.63) is 0 Å². The second-order valence-corrected chi connectivity index (χ2v) is 7.66. The predicted molar refractivity (Wildman–Crippen MR) is 86.9 cm³/mol. The monoisotopic (exact) mass is 312 g/mol. The third-order valence-electron chi connectivity index (χ3n) is 4.50. The fourth-order valence-corrected chi connectivity index (χ4v) is 3.18. The smallest absolute Gasteiger partial charge is 0.407 e. The zero-order valence-electron chi connectivity index (χ0n) is 14.5. The molecule has 128 valence electrons. The van der Waals surface area contributed by atoms with Crippen molar-refractivity contribution in [2.24, 2.45) is 5.92 Å². The summed E-state index contributed by atoms with van der Waals surface area (Å²) in [6, 6.07) is 0.565. The lowest BCUT2D eigenvalue weighted by Gasteiger charge is -2.33. The summed E-state index contributed by atoms with van der Waals surface area (Å²) in [6.07, 6.45) is 7.17. The van der Waals surface area contributed by atoms with Crippen LogP contribution in [-0.4, -0.2) is 43.5 Å². The molecule has 2 aliphatic carbocycles. The summed E-state index contributed by atoms with van der Waals surface area (Å²) in [6.45, 7) is 6.47. The van der Waals surface area contributed by atoms with Crippen molar-refractivity contribution in [3.63, 3.8) is 0 Å². The Morgan fingerprint density at radius 3 is 2.45 bits per heavy atom. The van der Waals surface area contributed by atoms with Crippen LogP contribution < -0.4 is 10.6 Å². The van der Waals surface area contributed by atoms with Gasteiger partial charge in [0, 0.05) is 25.7 Å². The molecule has 3 atom stereocenters. The Bertz CT molecular complexity index is 363. The molecule has 0 aromatic rings. The Morgan fingerprint density at radius 2 is 1.86 bits per heavy atom. The highest BCUT2D eigenvalue weighted by molar-refractivity contribution is 5.68. The van der Waals surface area contributed by atoms with Gasteiger partial charge in [-0.2, -0.15) is 0 Å². The fraction of sp³-hybridized carbons (Fsp3) is 0.941. The molecule has 0 aromatic carbocycles. The third kappa shape index (κ3) is 5.76. The summed E-state index contributed by atoms with van der Waals surface area (Å²) in [5.41, 5.74) is -0.448. The molecule has 0 aliphatic heterocycles. The molecule has 0 radical (unpaired) electrons. The molecule has 0 saturated heterocycles. The van der Waals surface area contributed by atoms with E-state index in [-0.39, 0.29) is 12.1 Å². The van der Waals surface area contributed by atoms with Gasteiger partial charge in [-0.1, -0.05) is 12.8 Å². The SMILES string of the molecule is COC1CCCCC1NCC(NC(=O)OC(C)(C)C)C1CC1. The maximum Gasteiger partial charge on any atom is 0.407 e. The van der Waals surface area contributed by atoms with Gasteiger partial charge in [0.15, 0.2) is 0 Å². The number of hydrogen-bond donors (Lipinski definition) is 2. The lowest BCUT2D eigenvalue weighted by Crippen LogP contribution is -2.51. The lowest BCUT2D eigenvalue weighted by molar-refractivity contribution is 0.0387. The van der Waals surface area contributed by atoms with Gasteiger partial charge < -0.3 is 20.1 Å². The molecule has 2 N–H and O–H groups in total. The topological polar surface area (TPSA) is 59.6 Å². The number of nitrogens with one attached hydrogen (secondary N) is 2. The predicted octanol–water partition coefficient (Wildman–Crippen LogP) is 2.84. The minimum atomic E-state index is -0.448. The average Bonchev–Trinajstić information content (AvgIpc) is 3.26. The number of carbonyl (C=O) groups excluding carboxylic acids is 1. The number of carbonyl (C=O) groups is 1. The van der Waals surface area contributed by atoms with Gasteiger partial charge >= 0.3 is 6.09 Å². The van der Waals surface area contributed by atoms with Gasteiger partial charge in [-0.05, 0) is 52.4 Å². The first-order chi connectivity index (χ1) is 10.4. The first-order valence-electron chi connectivity index (χ1n) is 8.65. The molecule has 0 bridgehead atoms. The van der Waals surface area contributed by atoms with Crippen molar-refractivity contribution in [1.29, 1.82) is 0 Å². The van der Waals surface area contributed by atoms with E-state index in [9.17, 15) is 4.79 Å². The van der Waals surface area contributed by atoms with Gasteiger partial charge in [0.05, 0.1) is 6.10 Å². The van der Waals surface area contributed by atoms with Crippen molar-refractivity contribution >= 4 is 6.09 Å². The van der Waals surface area contributed by atoms with Crippen LogP contribution in [0.15, 0.2) is 0 Å². The molecule has 2 saturated carbocycles. The lowest BCUT2D eigenvalue weighted by atomic mass is 9.92. The Morgan fingerprint density at radius 1 is 1.18 bits per heavy atom. The molecule has 0 aromatic heterocycles. The maximum atomic E-state index is 12.0. The summed E-state index contributed by atoms with van der Waals surface area (Å²) < 4.78 is 11.0. The van der Waals surface area contributed by atoms with Gasteiger partial charge in [-0.25, -0.2) is 4.79 Å². The van der Waals surface area contributed by atoms with Crippen LogP contribution >= 0.6 is 0 Å². The van der Waals surface area contributed by atoms with Crippen molar-refractivity contribution in [2.75, 3.05) is 13.7 Å². The molecule has 22 heavy (non-hydrogen) atoms. The van der Waals surface area contributed by atoms with E-state index in [0.29, 0.717) is 18.1 Å². The molecule has 2 rings (SSSR count). The first kappa shape index (κ1) is 17.5. The zero-order chi connectivity index (χ0) is 16.2. The van der Waals surface area contributed by atoms with Crippen molar-refractivity contribution < 1.29 is 14.3 Å². The summed E-state index contributed by atoms with van der Waals surface area (Å²) in [7, 11) is 1.79. The highest BCUT2D eigenvalue weighted by Crippen LogP contribution is 2.33. The van der Waals surface area contributed by atoms with Crippen LogP contribution in [0.2, 0.25) is 0 Å². The minimum absolute atomic E-state index is 0.161. The average molecular weight is 312 g/mol. The van der Waals surface area contributed by atoms with Crippen LogP contribution in [0.3, 0.4) is 0 Å². The number of methoxy groups -OCH3 is 1. The number of ether oxygens (including phenoxy) is 2. The molecule has 3 unspecified atom stereocenters. The van der Waals surface area contributed by atoms with Gasteiger partial charge in [0.2, 0.25) is 0 Å². The number of amides is 1. The van der Waals surface area contributed by atoms with Crippen molar-refractivity contribution in [2.45, 2.75) is 83.1 Å². The van der Waals surface area contributed by atoms with E-state index < -0.39 is 5.60 Å². The number of rotatable bonds is 6. The van der Waals surface area contributed by atoms with Crippen molar-refractivity contribution in [1.82, 2.24) is 10.6 Å². The van der Waals surface area contributed by atoms with E-state index in [0.717, 1.165) is 19.4 Å². The maximum absolute atomic E-state index is 12.0. The molecule has 2 aliphatic rings. The number of hydrogen-bond acceptors (Lipinski definition) is 4. The molecule has 2 fully saturated rings. The molecule has 1 amide bonds. The van der Waals surface area contributed by atoms with E-state index in [2.05, 4.69) is 10.6 Å². The van der Waals surface area contributed by atoms with Gasteiger partial charge in [0.1, 0.15) is 5.60 Å². The molecule has 5 heteroatoms. The van der Waals surface area contributed by atoms with E-state index in [4.69, 9.17) is 9.47 Å². The highest BCUT2D eigenvalue weighted by Gasteiger charge is 2.34. The third-order valence-corrected chi connectivity index (χ3v) is 4.50. The van der Waals surface area contributed by atoms with Crippen molar-refractivity contribution in [3.8, 4) is 0 Å². The molecule has 0 spiro atoms. The molecular formula is C17H32N2O3. The van der Waals surface area contributed by atoms with E-state index >= 15 is 0 Å². The van der Waals surface area contributed by atoms with Crippen LogP contribution in [0, 0.1) is 5.92 Å². The Kier molecular flexibility index (Phi) is 6.09. The van der Waals surface area contributed by atoms with Gasteiger partial charge in [-0.3, -0.25) is 0 Å². The fourth-order valence-electron chi connectivity index (χ4n) is 3.18. The highest BCUT2D eigenvalue weighted by atomic mass is 16.6. The Labute approximate surface area is 134 Å². The molecular weight excluding hydrogens is 280 g/mol. The van der Waals surface area contributed by atoms with E-state index in [1.54, 1.807) is 7.11 Å². The Balaban J connectivity index is 1.80. The van der Waals surface area contributed by atoms with E-state index in [1.807, 2.05) is 20.8 Å².